The van der Waals surface area contributed by atoms with Gasteiger partial charge in [-0.05, 0) is 43.6 Å². The molecule has 0 radical (unpaired) electrons. The summed E-state index contributed by atoms with van der Waals surface area (Å²) < 4.78 is 32.5. The monoisotopic (exact) mass is 358 g/mol. The number of alkyl halides is 2. The van der Waals surface area contributed by atoms with Crippen LogP contribution in [0.1, 0.15) is 36.6 Å². The number of halogens is 2. The van der Waals surface area contributed by atoms with Gasteiger partial charge < -0.3 is 10.1 Å². The molecule has 3 heterocycles. The average molecular weight is 358 g/mol. The maximum atomic E-state index is 13.0. The molecule has 3 aromatic rings. The summed E-state index contributed by atoms with van der Waals surface area (Å²) in [5.74, 6) is 1.01. The second-order valence-electron chi connectivity index (χ2n) is 6.47. The molecule has 0 saturated carbocycles. The molecule has 4 rings (SSSR count). The summed E-state index contributed by atoms with van der Waals surface area (Å²) in [6, 6.07) is 11.1. The van der Waals surface area contributed by atoms with Gasteiger partial charge in [0.15, 0.2) is 0 Å². The number of ether oxygens (including phenoxy) is 1. The van der Waals surface area contributed by atoms with Gasteiger partial charge in [-0.2, -0.15) is 13.9 Å². The lowest BCUT2D eigenvalue weighted by Crippen LogP contribution is -2.27. The number of rotatable bonds is 5. The fourth-order valence-electron chi connectivity index (χ4n) is 3.34. The van der Waals surface area contributed by atoms with E-state index in [4.69, 9.17) is 4.74 Å². The Hall–Kier alpha value is -2.54. The number of fused-ring (bicyclic) bond motifs is 1. The number of benzene rings is 1. The molecule has 2 aromatic heterocycles. The third-order valence-electron chi connectivity index (χ3n) is 4.74. The fraction of sp³-hybridized carbons (Fsp3) is 0.368. The number of pyridine rings is 1. The molecule has 1 aliphatic heterocycles. The molecule has 5 nitrogen and oxygen atoms in total. The Kier molecular flexibility index (Phi) is 4.79. The second-order valence-corrected chi connectivity index (χ2v) is 6.47. The van der Waals surface area contributed by atoms with Crippen LogP contribution < -0.4 is 10.1 Å². The van der Waals surface area contributed by atoms with E-state index in [-0.39, 0.29) is 6.61 Å². The second kappa shape index (κ2) is 7.37. The molecule has 0 amide bonds. The van der Waals surface area contributed by atoms with Gasteiger partial charge in [-0.15, -0.1) is 0 Å². The molecule has 0 spiro atoms. The normalized spacial score (nSPS) is 15.7. The summed E-state index contributed by atoms with van der Waals surface area (Å²) in [6.45, 7) is -0.371. The fourth-order valence-corrected chi connectivity index (χ4v) is 3.34. The quantitative estimate of drug-likeness (QED) is 0.752. The summed E-state index contributed by atoms with van der Waals surface area (Å²) in [5, 5.41) is 7.76. The topological polar surface area (TPSA) is 52.0 Å². The van der Waals surface area contributed by atoms with E-state index in [2.05, 4.69) is 15.4 Å². The molecular weight excluding hydrogens is 338 g/mol. The summed E-state index contributed by atoms with van der Waals surface area (Å²) in [7, 11) is 0. The molecule has 1 saturated heterocycles. The Labute approximate surface area is 150 Å². The van der Waals surface area contributed by atoms with Crippen molar-refractivity contribution in [1.82, 2.24) is 20.1 Å². The molecule has 26 heavy (non-hydrogen) atoms. The number of aromatic nitrogens is 3. The maximum absolute atomic E-state index is 13.0. The van der Waals surface area contributed by atoms with E-state index < -0.39 is 6.55 Å². The molecule has 136 valence electrons. The van der Waals surface area contributed by atoms with Crippen LogP contribution in [0, 0.1) is 0 Å². The van der Waals surface area contributed by atoms with Crippen LogP contribution in [0.15, 0.2) is 42.6 Å². The molecule has 0 unspecified atom stereocenters. The van der Waals surface area contributed by atoms with Crippen molar-refractivity contribution in [3.8, 4) is 5.88 Å². The van der Waals surface area contributed by atoms with E-state index in [0.717, 1.165) is 41.9 Å². The zero-order valence-corrected chi connectivity index (χ0v) is 14.2. The molecule has 7 heteroatoms. The lowest BCUT2D eigenvalue weighted by molar-refractivity contribution is 0.0615. The Morgan fingerprint density at radius 3 is 2.85 bits per heavy atom. The van der Waals surface area contributed by atoms with E-state index in [9.17, 15) is 8.78 Å². The summed E-state index contributed by atoms with van der Waals surface area (Å²) in [6.07, 6.45) is 3.59. The van der Waals surface area contributed by atoms with Crippen molar-refractivity contribution >= 4 is 10.9 Å². The zero-order valence-electron chi connectivity index (χ0n) is 14.2. The van der Waals surface area contributed by atoms with Gasteiger partial charge in [-0.25, -0.2) is 9.67 Å². The third-order valence-corrected chi connectivity index (χ3v) is 4.74. The number of piperidine rings is 1. The Morgan fingerprint density at radius 2 is 2.04 bits per heavy atom. The number of nitrogens with one attached hydrogen (secondary N) is 1. The first-order valence-corrected chi connectivity index (χ1v) is 8.75. The first-order valence-electron chi connectivity index (χ1n) is 8.75. The van der Waals surface area contributed by atoms with Crippen LogP contribution in [0.3, 0.4) is 0 Å². The maximum Gasteiger partial charge on any atom is 0.333 e. The van der Waals surface area contributed by atoms with Gasteiger partial charge in [0.2, 0.25) is 5.88 Å². The predicted molar refractivity (Wildman–Crippen MR) is 94.4 cm³/mol. The molecule has 1 aliphatic rings. The SMILES string of the molecule is FC(F)n1ncc2ccc(COc3cccc(C4CCNCC4)n3)cc21. The molecule has 1 N–H and O–H groups in total. The first kappa shape index (κ1) is 16.9. The molecular formula is C19H20F2N4O. The van der Waals surface area contributed by atoms with Crippen LogP contribution in [0.4, 0.5) is 8.78 Å². The van der Waals surface area contributed by atoms with Crippen molar-refractivity contribution in [2.75, 3.05) is 13.1 Å². The standard InChI is InChI=1S/C19H20F2N4O/c20-19(21)25-17-10-13(4-5-15(17)11-23-25)12-26-18-3-1-2-16(24-18)14-6-8-22-9-7-14/h1-5,10-11,14,19,22H,6-9,12H2. The van der Waals surface area contributed by atoms with Crippen LogP contribution in [-0.2, 0) is 6.61 Å². The smallest absolute Gasteiger partial charge is 0.333 e. The predicted octanol–water partition coefficient (Wildman–Crippen LogP) is 3.87. The van der Waals surface area contributed by atoms with Gasteiger partial charge in [-0.3, -0.25) is 0 Å². The van der Waals surface area contributed by atoms with E-state index in [1.54, 1.807) is 12.1 Å². The van der Waals surface area contributed by atoms with Crippen LogP contribution in [0.5, 0.6) is 5.88 Å². The van der Waals surface area contributed by atoms with Crippen molar-refractivity contribution in [2.24, 2.45) is 0 Å². The number of nitrogens with zero attached hydrogens (tertiary/aromatic N) is 3. The van der Waals surface area contributed by atoms with Crippen molar-refractivity contribution in [2.45, 2.75) is 31.9 Å². The summed E-state index contributed by atoms with van der Waals surface area (Å²) in [4.78, 5) is 4.62. The minimum atomic E-state index is -2.66. The van der Waals surface area contributed by atoms with Crippen molar-refractivity contribution in [3.63, 3.8) is 0 Å². The minimum absolute atomic E-state index is 0.271. The van der Waals surface area contributed by atoms with Gasteiger partial charge in [0.1, 0.15) is 6.61 Å². The van der Waals surface area contributed by atoms with E-state index in [0.29, 0.717) is 22.7 Å². The molecule has 1 aromatic carbocycles. The van der Waals surface area contributed by atoms with Crippen molar-refractivity contribution in [1.29, 1.82) is 0 Å². The Balaban J connectivity index is 1.48. The van der Waals surface area contributed by atoms with Gasteiger partial charge in [0, 0.05) is 23.1 Å². The first-order chi connectivity index (χ1) is 12.7. The van der Waals surface area contributed by atoms with Crippen LogP contribution in [-0.4, -0.2) is 27.9 Å². The van der Waals surface area contributed by atoms with Gasteiger partial charge in [0.05, 0.1) is 11.7 Å². The Bertz CT molecular complexity index is 890. The molecule has 0 atom stereocenters. The lowest BCUT2D eigenvalue weighted by Gasteiger charge is -2.22. The largest absolute Gasteiger partial charge is 0.473 e. The van der Waals surface area contributed by atoms with Crippen LogP contribution in [0.2, 0.25) is 0 Å². The highest BCUT2D eigenvalue weighted by atomic mass is 19.3. The van der Waals surface area contributed by atoms with Gasteiger partial charge >= 0.3 is 6.55 Å². The van der Waals surface area contributed by atoms with Gasteiger partial charge in [-0.1, -0.05) is 18.2 Å². The van der Waals surface area contributed by atoms with E-state index >= 15 is 0 Å². The van der Waals surface area contributed by atoms with Crippen LogP contribution >= 0.6 is 0 Å². The van der Waals surface area contributed by atoms with Gasteiger partial charge in [0.25, 0.3) is 0 Å². The highest BCUT2D eigenvalue weighted by Gasteiger charge is 2.17. The molecule has 1 fully saturated rings. The highest BCUT2D eigenvalue weighted by molar-refractivity contribution is 5.79. The lowest BCUT2D eigenvalue weighted by atomic mass is 9.94. The molecule has 0 bridgehead atoms. The Morgan fingerprint density at radius 1 is 1.19 bits per heavy atom. The van der Waals surface area contributed by atoms with E-state index in [1.165, 1.54) is 6.20 Å². The van der Waals surface area contributed by atoms with Crippen molar-refractivity contribution in [3.05, 3.63) is 53.9 Å². The highest BCUT2D eigenvalue weighted by Crippen LogP contribution is 2.25. The molecule has 0 aliphatic carbocycles. The summed E-state index contributed by atoms with van der Waals surface area (Å²) >= 11 is 0. The minimum Gasteiger partial charge on any atom is -0.473 e. The number of hydrogen-bond donors (Lipinski definition) is 1. The third kappa shape index (κ3) is 3.53. The number of hydrogen-bond acceptors (Lipinski definition) is 4. The average Bonchev–Trinajstić information content (AvgIpc) is 3.11. The zero-order chi connectivity index (χ0) is 17.9. The van der Waals surface area contributed by atoms with E-state index in [1.807, 2.05) is 24.3 Å². The van der Waals surface area contributed by atoms with Crippen LogP contribution in [0.25, 0.3) is 10.9 Å². The van der Waals surface area contributed by atoms with Crippen molar-refractivity contribution < 1.29 is 13.5 Å². The summed E-state index contributed by atoms with van der Waals surface area (Å²) in [5.41, 5.74) is 2.25.